The number of methoxy groups -OCH3 is 2. The molecule has 0 radical (unpaired) electrons. The maximum absolute atomic E-state index is 12.6. The molecular formula is C25H26N4O6S. The molecule has 3 atom stereocenters. The molecule has 10 nitrogen and oxygen atoms in total. The highest BCUT2D eigenvalue weighted by Gasteiger charge is 2.39. The van der Waals surface area contributed by atoms with Crippen molar-refractivity contribution in [2.75, 3.05) is 14.2 Å². The standard InChI is InChI=1S/C25H26N4O6S/c1-14(24(32)33)26-22(30)13-21-23(31)27-25(36-21)29-20(16-6-10-18(35-3)11-7-16)12-19(28-29)15-4-8-17(34-2)9-5-15/h4-11,14,20-21H,12-13H2,1-3H3,(H,26,30)(H,32,33)/t14-,20-,21-/m0/s1. The molecule has 4 rings (SSSR count). The number of carbonyl (C=O) groups is 3. The number of benzene rings is 2. The van der Waals surface area contributed by atoms with Crippen molar-refractivity contribution in [1.82, 2.24) is 10.3 Å². The molecule has 2 aromatic rings. The highest BCUT2D eigenvalue weighted by atomic mass is 32.2. The van der Waals surface area contributed by atoms with Crippen LogP contribution in [-0.4, -0.2) is 64.3 Å². The maximum Gasteiger partial charge on any atom is 0.325 e. The number of hydrogen-bond donors (Lipinski definition) is 2. The number of amidine groups is 1. The fraction of sp³-hybridized carbons (Fsp3) is 0.320. The summed E-state index contributed by atoms with van der Waals surface area (Å²) in [6.07, 6.45) is 0.401. The van der Waals surface area contributed by atoms with Crippen LogP contribution in [0.5, 0.6) is 11.5 Å². The molecule has 0 spiro atoms. The summed E-state index contributed by atoms with van der Waals surface area (Å²) in [7, 11) is 3.21. The van der Waals surface area contributed by atoms with Crippen LogP contribution in [0.3, 0.4) is 0 Å². The monoisotopic (exact) mass is 510 g/mol. The van der Waals surface area contributed by atoms with Crippen LogP contribution in [-0.2, 0) is 14.4 Å². The number of ether oxygens (including phenoxy) is 2. The van der Waals surface area contributed by atoms with Crippen LogP contribution in [0.25, 0.3) is 0 Å². The molecule has 0 aliphatic carbocycles. The van der Waals surface area contributed by atoms with E-state index in [0.29, 0.717) is 11.6 Å². The van der Waals surface area contributed by atoms with Gasteiger partial charge < -0.3 is 19.9 Å². The third-order valence-corrected chi connectivity index (χ3v) is 7.02. The number of nitrogens with zero attached hydrogens (tertiary/aromatic N) is 3. The summed E-state index contributed by atoms with van der Waals surface area (Å²) in [6, 6.07) is 13.9. The van der Waals surface area contributed by atoms with Crippen molar-refractivity contribution in [3.63, 3.8) is 0 Å². The average Bonchev–Trinajstić information content (AvgIpc) is 3.48. The Morgan fingerprint density at radius 1 is 1.11 bits per heavy atom. The zero-order chi connectivity index (χ0) is 25.8. The van der Waals surface area contributed by atoms with Crippen molar-refractivity contribution in [3.8, 4) is 11.5 Å². The summed E-state index contributed by atoms with van der Waals surface area (Å²) >= 11 is 1.16. The van der Waals surface area contributed by atoms with E-state index < -0.39 is 29.1 Å². The van der Waals surface area contributed by atoms with Gasteiger partial charge in [-0.05, 0) is 54.4 Å². The minimum atomic E-state index is -1.15. The number of carbonyl (C=O) groups excluding carboxylic acids is 2. The van der Waals surface area contributed by atoms with Gasteiger partial charge in [0.25, 0.3) is 5.91 Å². The van der Waals surface area contributed by atoms with Crippen molar-refractivity contribution in [2.24, 2.45) is 10.1 Å². The van der Waals surface area contributed by atoms with Gasteiger partial charge in [-0.1, -0.05) is 23.9 Å². The van der Waals surface area contributed by atoms with Gasteiger partial charge in [0.05, 0.1) is 26.0 Å². The lowest BCUT2D eigenvalue weighted by Gasteiger charge is -2.23. The number of amides is 2. The Morgan fingerprint density at radius 3 is 2.31 bits per heavy atom. The Hall–Kier alpha value is -3.86. The van der Waals surface area contributed by atoms with E-state index in [1.165, 1.54) is 6.92 Å². The zero-order valence-electron chi connectivity index (χ0n) is 20.0. The van der Waals surface area contributed by atoms with E-state index in [9.17, 15) is 14.4 Å². The van der Waals surface area contributed by atoms with E-state index in [0.717, 1.165) is 40.1 Å². The quantitative estimate of drug-likeness (QED) is 0.555. The van der Waals surface area contributed by atoms with Crippen molar-refractivity contribution in [3.05, 3.63) is 59.7 Å². The van der Waals surface area contributed by atoms with Crippen LogP contribution in [0.15, 0.2) is 58.6 Å². The molecule has 2 N–H and O–H groups in total. The number of nitrogens with one attached hydrogen (secondary N) is 1. The van der Waals surface area contributed by atoms with E-state index in [1.807, 2.05) is 48.5 Å². The van der Waals surface area contributed by atoms with Crippen LogP contribution in [0.2, 0.25) is 0 Å². The van der Waals surface area contributed by atoms with Gasteiger partial charge in [0.2, 0.25) is 5.91 Å². The summed E-state index contributed by atoms with van der Waals surface area (Å²) in [5, 5.41) is 17.6. The van der Waals surface area contributed by atoms with Gasteiger partial charge in [-0.15, -0.1) is 0 Å². The van der Waals surface area contributed by atoms with E-state index in [4.69, 9.17) is 19.7 Å². The van der Waals surface area contributed by atoms with Crippen LogP contribution >= 0.6 is 11.8 Å². The third-order valence-electron chi connectivity index (χ3n) is 5.88. The molecule has 2 aliphatic heterocycles. The highest BCUT2D eigenvalue weighted by molar-refractivity contribution is 8.15. The van der Waals surface area contributed by atoms with Gasteiger partial charge >= 0.3 is 5.97 Å². The van der Waals surface area contributed by atoms with E-state index in [1.54, 1.807) is 19.2 Å². The largest absolute Gasteiger partial charge is 0.497 e. The lowest BCUT2D eigenvalue weighted by molar-refractivity contribution is -0.141. The maximum atomic E-state index is 12.6. The fourth-order valence-electron chi connectivity index (χ4n) is 3.87. The first-order valence-corrected chi connectivity index (χ1v) is 12.1. The molecule has 0 aromatic heterocycles. The Kier molecular flexibility index (Phi) is 7.58. The molecule has 0 unspecified atom stereocenters. The summed E-state index contributed by atoms with van der Waals surface area (Å²) < 4.78 is 10.5. The van der Waals surface area contributed by atoms with E-state index in [2.05, 4.69) is 10.3 Å². The second-order valence-electron chi connectivity index (χ2n) is 8.28. The van der Waals surface area contributed by atoms with Crippen molar-refractivity contribution in [1.29, 1.82) is 0 Å². The number of aliphatic imine (C=N–C) groups is 1. The number of carboxylic acid groups (broad SMARTS) is 1. The minimum absolute atomic E-state index is 0.176. The predicted molar refractivity (Wildman–Crippen MR) is 135 cm³/mol. The highest BCUT2D eigenvalue weighted by Crippen LogP contribution is 2.39. The summed E-state index contributed by atoms with van der Waals surface area (Å²) in [4.78, 5) is 40.1. The number of rotatable bonds is 8. The van der Waals surface area contributed by atoms with Crippen LogP contribution in [0, 0.1) is 0 Å². The molecule has 2 amide bonds. The Morgan fingerprint density at radius 2 is 1.72 bits per heavy atom. The lowest BCUT2D eigenvalue weighted by Crippen LogP contribution is -2.39. The average molecular weight is 511 g/mol. The molecular weight excluding hydrogens is 484 g/mol. The first-order valence-electron chi connectivity index (χ1n) is 11.3. The smallest absolute Gasteiger partial charge is 0.325 e. The van der Waals surface area contributed by atoms with Gasteiger partial charge in [0.1, 0.15) is 22.8 Å². The number of aliphatic carboxylic acids is 1. The van der Waals surface area contributed by atoms with Crippen molar-refractivity contribution in [2.45, 2.75) is 37.1 Å². The predicted octanol–water partition coefficient (Wildman–Crippen LogP) is 2.83. The molecule has 0 bridgehead atoms. The van der Waals surface area contributed by atoms with Crippen LogP contribution in [0.1, 0.15) is 36.9 Å². The molecule has 2 heterocycles. The van der Waals surface area contributed by atoms with Crippen molar-refractivity contribution >= 4 is 40.4 Å². The van der Waals surface area contributed by atoms with Gasteiger partial charge in [-0.3, -0.25) is 14.4 Å². The Labute approximate surface area is 212 Å². The second kappa shape index (κ2) is 10.8. The number of thioether (sulfide) groups is 1. The number of hydrogen-bond acceptors (Lipinski definition) is 8. The fourth-order valence-corrected chi connectivity index (χ4v) is 4.93. The first-order chi connectivity index (χ1) is 17.3. The molecule has 0 saturated carbocycles. The third kappa shape index (κ3) is 5.51. The van der Waals surface area contributed by atoms with Gasteiger partial charge in [0, 0.05) is 12.8 Å². The lowest BCUT2D eigenvalue weighted by atomic mass is 9.98. The number of carboxylic acids is 1. The molecule has 188 valence electrons. The molecule has 2 aromatic carbocycles. The molecule has 0 fully saturated rings. The second-order valence-corrected chi connectivity index (χ2v) is 9.45. The van der Waals surface area contributed by atoms with Gasteiger partial charge in [-0.2, -0.15) is 10.1 Å². The minimum Gasteiger partial charge on any atom is -0.497 e. The molecule has 0 saturated heterocycles. The summed E-state index contributed by atoms with van der Waals surface area (Å²) in [5.41, 5.74) is 2.71. The zero-order valence-corrected chi connectivity index (χ0v) is 20.8. The molecule has 2 aliphatic rings. The van der Waals surface area contributed by atoms with Gasteiger partial charge in [0.15, 0.2) is 5.17 Å². The number of hydrazone groups is 1. The Balaban J connectivity index is 1.56. The first kappa shape index (κ1) is 25.2. The van der Waals surface area contributed by atoms with Crippen LogP contribution < -0.4 is 14.8 Å². The topological polar surface area (TPSA) is 130 Å². The SMILES string of the molecule is COc1ccc(C2=NN(C3=NC(=O)[C@H](CC(=O)N[C@@H](C)C(=O)O)S3)[C@H](c3ccc(OC)cc3)C2)cc1. The normalized spacial score (nSPS) is 20.0. The summed E-state index contributed by atoms with van der Waals surface area (Å²) in [5.74, 6) is -0.660. The molecule has 36 heavy (non-hydrogen) atoms. The van der Waals surface area contributed by atoms with E-state index >= 15 is 0 Å². The molecule has 11 heteroatoms. The summed E-state index contributed by atoms with van der Waals surface area (Å²) in [6.45, 7) is 1.37. The van der Waals surface area contributed by atoms with Crippen LogP contribution in [0.4, 0.5) is 0 Å². The Bertz CT molecular complexity index is 1210. The van der Waals surface area contributed by atoms with Gasteiger partial charge in [-0.25, -0.2) is 5.01 Å². The van der Waals surface area contributed by atoms with Crippen molar-refractivity contribution < 1.29 is 29.0 Å². The van der Waals surface area contributed by atoms with E-state index in [-0.39, 0.29) is 12.5 Å².